The zero-order valence-electron chi connectivity index (χ0n) is 6.10. The Morgan fingerprint density at radius 1 is 1.42 bits per heavy atom. The molecule has 0 aliphatic heterocycles. The summed E-state index contributed by atoms with van der Waals surface area (Å²) >= 11 is 14.5. The molecule has 1 aromatic rings. The minimum atomic E-state index is -0.651. The topological polar surface area (TPSA) is 20.2 Å². The van der Waals surface area contributed by atoms with Crippen molar-refractivity contribution in [2.75, 3.05) is 5.88 Å². The van der Waals surface area contributed by atoms with Crippen LogP contribution in [0.3, 0.4) is 0 Å². The predicted molar refractivity (Wildman–Crippen MR) is 54.8 cm³/mol. The largest absolute Gasteiger partial charge is 0.387 e. The van der Waals surface area contributed by atoms with Crippen LogP contribution >= 0.6 is 39.1 Å². The summed E-state index contributed by atoms with van der Waals surface area (Å²) in [4.78, 5) is 0. The highest BCUT2D eigenvalue weighted by Gasteiger charge is 2.06. The fourth-order valence-corrected chi connectivity index (χ4v) is 1.92. The molecule has 1 aromatic carbocycles. The molecule has 0 aliphatic rings. The molecule has 1 rings (SSSR count). The second-order valence-electron chi connectivity index (χ2n) is 2.37. The van der Waals surface area contributed by atoms with E-state index < -0.39 is 6.10 Å². The highest BCUT2D eigenvalue weighted by Crippen LogP contribution is 2.24. The van der Waals surface area contributed by atoms with Crippen LogP contribution in [0, 0.1) is 0 Å². The molecule has 1 N–H and O–H groups in total. The number of benzene rings is 1. The first-order valence-electron chi connectivity index (χ1n) is 3.33. The lowest BCUT2D eigenvalue weighted by Gasteiger charge is -2.07. The fraction of sp³-hybridized carbons (Fsp3) is 0.250. The van der Waals surface area contributed by atoms with Gasteiger partial charge in [-0.2, -0.15) is 0 Å². The summed E-state index contributed by atoms with van der Waals surface area (Å²) in [5.41, 5.74) is 0.726. The zero-order valence-corrected chi connectivity index (χ0v) is 9.20. The third-order valence-corrected chi connectivity index (χ3v) is 2.38. The van der Waals surface area contributed by atoms with Gasteiger partial charge < -0.3 is 5.11 Å². The number of hydrogen-bond donors (Lipinski definition) is 1. The van der Waals surface area contributed by atoms with Crippen molar-refractivity contribution in [3.8, 4) is 0 Å². The molecule has 0 spiro atoms. The number of halogens is 3. The van der Waals surface area contributed by atoms with E-state index in [0.717, 1.165) is 10.0 Å². The van der Waals surface area contributed by atoms with E-state index >= 15 is 0 Å². The molecule has 0 amide bonds. The molecule has 0 aromatic heterocycles. The van der Waals surface area contributed by atoms with Gasteiger partial charge in [-0.1, -0.05) is 27.5 Å². The zero-order chi connectivity index (χ0) is 9.14. The molecule has 0 radical (unpaired) electrons. The van der Waals surface area contributed by atoms with Crippen molar-refractivity contribution in [1.82, 2.24) is 0 Å². The summed E-state index contributed by atoms with van der Waals surface area (Å²) in [6.07, 6.45) is -0.651. The Morgan fingerprint density at radius 3 is 2.58 bits per heavy atom. The maximum Gasteiger partial charge on any atom is 0.0926 e. The van der Waals surface area contributed by atoms with Crippen LogP contribution in [0.15, 0.2) is 22.7 Å². The lowest BCUT2D eigenvalue weighted by molar-refractivity contribution is 0.202. The first kappa shape index (κ1) is 10.3. The second kappa shape index (κ2) is 4.47. The van der Waals surface area contributed by atoms with Crippen molar-refractivity contribution in [2.24, 2.45) is 0 Å². The van der Waals surface area contributed by atoms with E-state index in [1.165, 1.54) is 0 Å². The predicted octanol–water partition coefficient (Wildman–Crippen LogP) is 3.37. The lowest BCUT2D eigenvalue weighted by atomic mass is 10.1. The van der Waals surface area contributed by atoms with Crippen molar-refractivity contribution in [3.05, 3.63) is 33.3 Å². The van der Waals surface area contributed by atoms with Gasteiger partial charge in [-0.15, -0.1) is 11.6 Å². The van der Waals surface area contributed by atoms with Crippen molar-refractivity contribution in [3.63, 3.8) is 0 Å². The molecule has 0 saturated carbocycles. The molecule has 0 heterocycles. The van der Waals surface area contributed by atoms with Gasteiger partial charge in [0.05, 0.1) is 12.0 Å². The summed E-state index contributed by atoms with van der Waals surface area (Å²) in [6, 6.07) is 5.24. The normalized spacial score (nSPS) is 13.0. The van der Waals surface area contributed by atoms with E-state index in [0.29, 0.717) is 5.02 Å². The smallest absolute Gasteiger partial charge is 0.0926 e. The second-order valence-corrected chi connectivity index (χ2v) is 4.03. The van der Waals surface area contributed by atoms with Crippen LogP contribution in [0.5, 0.6) is 0 Å². The van der Waals surface area contributed by atoms with E-state index in [9.17, 15) is 5.11 Å². The van der Waals surface area contributed by atoms with Gasteiger partial charge >= 0.3 is 0 Å². The van der Waals surface area contributed by atoms with Gasteiger partial charge in [0, 0.05) is 9.50 Å². The van der Waals surface area contributed by atoms with Crippen LogP contribution in [-0.4, -0.2) is 11.0 Å². The molecule has 1 nitrogen and oxygen atoms in total. The van der Waals surface area contributed by atoms with Crippen LogP contribution in [0.2, 0.25) is 5.02 Å². The average Bonchev–Trinajstić information content (AvgIpc) is 2.01. The van der Waals surface area contributed by atoms with Gasteiger partial charge in [-0.3, -0.25) is 0 Å². The SMILES string of the molecule is O[C@H](CCl)c1cc(Cl)cc(Br)c1. The standard InChI is InChI=1S/C8H7BrCl2O/c9-6-1-5(8(12)4-10)2-7(11)3-6/h1-3,8,12H,4H2/t8-/m1/s1. The van der Waals surface area contributed by atoms with Crippen molar-refractivity contribution >= 4 is 39.1 Å². The molecule has 0 saturated heterocycles. The third kappa shape index (κ3) is 2.63. The molecule has 0 aliphatic carbocycles. The number of hydrogen-bond acceptors (Lipinski definition) is 1. The quantitative estimate of drug-likeness (QED) is 0.817. The van der Waals surface area contributed by atoms with Crippen molar-refractivity contribution in [2.45, 2.75) is 6.10 Å². The van der Waals surface area contributed by atoms with Gasteiger partial charge in [0.25, 0.3) is 0 Å². The number of aliphatic hydroxyl groups is 1. The highest BCUT2D eigenvalue weighted by molar-refractivity contribution is 9.10. The minimum Gasteiger partial charge on any atom is -0.387 e. The van der Waals surface area contributed by atoms with E-state index in [2.05, 4.69) is 15.9 Å². The number of aliphatic hydroxyl groups excluding tert-OH is 1. The summed E-state index contributed by atoms with van der Waals surface area (Å²) in [5, 5.41) is 9.95. The monoisotopic (exact) mass is 268 g/mol. The van der Waals surface area contributed by atoms with Crippen LogP contribution < -0.4 is 0 Å². The Balaban J connectivity index is 3.00. The van der Waals surface area contributed by atoms with E-state index in [1.807, 2.05) is 0 Å². The Bertz CT molecular complexity index is 258. The summed E-state index contributed by atoms with van der Waals surface area (Å²) in [5.74, 6) is 0.173. The lowest BCUT2D eigenvalue weighted by Crippen LogP contribution is -1.98. The van der Waals surface area contributed by atoms with Crippen LogP contribution in [0.4, 0.5) is 0 Å². The summed E-state index contributed by atoms with van der Waals surface area (Å²) in [7, 11) is 0. The van der Waals surface area contributed by atoms with Gasteiger partial charge in [-0.05, 0) is 23.8 Å². The van der Waals surface area contributed by atoms with Gasteiger partial charge in [0.2, 0.25) is 0 Å². The van der Waals surface area contributed by atoms with Crippen LogP contribution in [0.1, 0.15) is 11.7 Å². The molecule has 66 valence electrons. The van der Waals surface area contributed by atoms with E-state index in [1.54, 1.807) is 18.2 Å². The number of alkyl halides is 1. The van der Waals surface area contributed by atoms with Gasteiger partial charge in [-0.25, -0.2) is 0 Å². The first-order chi connectivity index (χ1) is 5.63. The van der Waals surface area contributed by atoms with Crippen LogP contribution in [-0.2, 0) is 0 Å². The molecule has 12 heavy (non-hydrogen) atoms. The molecule has 0 unspecified atom stereocenters. The average molecular weight is 270 g/mol. The van der Waals surface area contributed by atoms with Crippen molar-refractivity contribution in [1.29, 1.82) is 0 Å². The summed E-state index contributed by atoms with van der Waals surface area (Å²) < 4.78 is 0.842. The molecule has 0 bridgehead atoms. The van der Waals surface area contributed by atoms with Gasteiger partial charge in [0.15, 0.2) is 0 Å². The Morgan fingerprint density at radius 2 is 2.08 bits per heavy atom. The number of rotatable bonds is 2. The maximum absolute atomic E-state index is 9.37. The van der Waals surface area contributed by atoms with E-state index in [4.69, 9.17) is 23.2 Å². The Hall–Kier alpha value is 0.240. The van der Waals surface area contributed by atoms with Gasteiger partial charge in [0.1, 0.15) is 0 Å². The maximum atomic E-state index is 9.37. The van der Waals surface area contributed by atoms with E-state index in [-0.39, 0.29) is 5.88 Å². The summed E-state index contributed by atoms with van der Waals surface area (Å²) in [6.45, 7) is 0. The molecule has 1 atom stereocenters. The Kier molecular flexibility index (Phi) is 3.84. The molecule has 4 heteroatoms. The molecular weight excluding hydrogens is 263 g/mol. The minimum absolute atomic E-state index is 0.173. The van der Waals surface area contributed by atoms with Crippen molar-refractivity contribution < 1.29 is 5.11 Å². The third-order valence-electron chi connectivity index (χ3n) is 1.42. The highest BCUT2D eigenvalue weighted by atomic mass is 79.9. The molecule has 0 fully saturated rings. The fourth-order valence-electron chi connectivity index (χ4n) is 0.857. The van der Waals surface area contributed by atoms with Crippen LogP contribution in [0.25, 0.3) is 0 Å². The first-order valence-corrected chi connectivity index (χ1v) is 5.04. The molecular formula is C8H7BrCl2O. The Labute approximate surface area is 89.4 Å².